The van der Waals surface area contributed by atoms with Crippen LogP contribution in [0.25, 0.3) is 0 Å². The molecule has 12 nitrogen and oxygen atoms in total. The second-order valence-corrected chi connectivity index (χ2v) is 10.4. The Bertz CT molecular complexity index is 1170. The highest BCUT2D eigenvalue weighted by molar-refractivity contribution is 7.14. The van der Waals surface area contributed by atoms with Crippen LogP contribution in [0.4, 0.5) is 10.5 Å². The number of anilines is 1. The first-order chi connectivity index (χ1) is 19.6. The predicted octanol–water partition coefficient (Wildman–Crippen LogP) is 4.14. The number of carbonyl (C=O) groups excluding carboxylic acids is 3. The van der Waals surface area contributed by atoms with Gasteiger partial charge in [-0.2, -0.15) is 5.26 Å². The quantitative estimate of drug-likeness (QED) is 0.156. The third-order valence-electron chi connectivity index (χ3n) is 4.82. The summed E-state index contributed by atoms with van der Waals surface area (Å²) in [6.45, 7) is 9.43. The third-order valence-corrected chi connectivity index (χ3v) is 5.81. The van der Waals surface area contributed by atoms with Crippen molar-refractivity contribution in [1.29, 1.82) is 5.26 Å². The molecule has 0 unspecified atom stereocenters. The maximum absolute atomic E-state index is 12.2. The molecule has 0 atom stereocenters. The van der Waals surface area contributed by atoms with Crippen LogP contribution in [0.3, 0.4) is 0 Å². The topological polar surface area (TPSA) is 154 Å². The van der Waals surface area contributed by atoms with E-state index in [0.717, 1.165) is 11.3 Å². The van der Waals surface area contributed by atoms with Gasteiger partial charge in [0.1, 0.15) is 23.2 Å². The normalized spacial score (nSPS) is 10.9. The van der Waals surface area contributed by atoms with Gasteiger partial charge in [-0.05, 0) is 45.0 Å². The monoisotopic (exact) mass is 591 g/mol. The number of hydrogen-bond acceptors (Lipinski definition) is 11. The Hall–Kier alpha value is -3.70. The molecule has 0 fully saturated rings. The minimum atomic E-state index is -0.693. The van der Waals surface area contributed by atoms with Crippen LogP contribution < -0.4 is 20.1 Å². The molecule has 1 heterocycles. The summed E-state index contributed by atoms with van der Waals surface area (Å²) in [5, 5.41) is 14.1. The molecule has 1 aromatic heterocycles. The van der Waals surface area contributed by atoms with Crippen molar-refractivity contribution in [2.75, 3.05) is 58.1 Å². The molecule has 0 bridgehead atoms. The number of rotatable bonds is 17. The van der Waals surface area contributed by atoms with Crippen LogP contribution in [0.1, 0.15) is 48.7 Å². The van der Waals surface area contributed by atoms with E-state index >= 15 is 0 Å². The first kappa shape index (κ1) is 33.5. The van der Waals surface area contributed by atoms with Crippen LogP contribution in [-0.2, 0) is 23.7 Å². The molecule has 13 heteroatoms. The van der Waals surface area contributed by atoms with Gasteiger partial charge in [0.25, 0.3) is 5.91 Å². The Labute approximate surface area is 243 Å². The second kappa shape index (κ2) is 17.9. The number of amides is 2. The molecule has 0 radical (unpaired) electrons. The first-order valence-electron chi connectivity index (χ1n) is 13.1. The zero-order valence-electron chi connectivity index (χ0n) is 23.8. The summed E-state index contributed by atoms with van der Waals surface area (Å²) in [6.07, 6.45) is -0.542. The van der Waals surface area contributed by atoms with E-state index in [4.69, 9.17) is 33.7 Å². The van der Waals surface area contributed by atoms with Crippen molar-refractivity contribution in [2.45, 2.75) is 39.7 Å². The van der Waals surface area contributed by atoms with E-state index in [0.29, 0.717) is 49.3 Å². The number of esters is 1. The number of thiophene rings is 1. The van der Waals surface area contributed by atoms with Crippen LogP contribution in [0.2, 0.25) is 0 Å². The van der Waals surface area contributed by atoms with E-state index in [1.807, 2.05) is 6.07 Å². The Morgan fingerprint density at radius 1 is 0.927 bits per heavy atom. The number of nitriles is 1. The molecule has 0 saturated heterocycles. The van der Waals surface area contributed by atoms with Crippen LogP contribution in [0.5, 0.6) is 11.5 Å². The molecular formula is C28H37N3O9S. The Morgan fingerprint density at radius 3 is 2.20 bits per heavy atom. The summed E-state index contributed by atoms with van der Waals surface area (Å²) < 4.78 is 32.8. The van der Waals surface area contributed by atoms with Crippen LogP contribution in [0.15, 0.2) is 30.3 Å². The molecule has 2 aromatic rings. The van der Waals surface area contributed by atoms with Gasteiger partial charge in [0.2, 0.25) is 0 Å². The molecule has 41 heavy (non-hydrogen) atoms. The van der Waals surface area contributed by atoms with Crippen molar-refractivity contribution in [2.24, 2.45) is 0 Å². The zero-order valence-corrected chi connectivity index (χ0v) is 24.6. The Balaban J connectivity index is 1.61. The lowest BCUT2D eigenvalue weighted by Gasteiger charge is -2.21. The lowest BCUT2D eigenvalue weighted by Crippen LogP contribution is -2.27. The molecular weight excluding hydrogens is 554 g/mol. The average molecular weight is 592 g/mol. The molecule has 0 aliphatic rings. The fourth-order valence-electron chi connectivity index (χ4n) is 3.03. The van der Waals surface area contributed by atoms with E-state index in [1.165, 1.54) is 0 Å². The highest BCUT2D eigenvalue weighted by Gasteiger charge is 2.20. The van der Waals surface area contributed by atoms with Gasteiger partial charge in [0.05, 0.1) is 50.2 Å². The number of hydrogen-bond donors (Lipinski definition) is 2. The molecule has 0 aliphatic heterocycles. The first-order valence-corrected chi connectivity index (χ1v) is 13.9. The van der Waals surface area contributed by atoms with Crippen molar-refractivity contribution < 1.29 is 42.8 Å². The number of nitrogens with zero attached hydrogens (tertiary/aromatic N) is 1. The summed E-state index contributed by atoms with van der Waals surface area (Å²) in [6, 6.07) is 10.1. The van der Waals surface area contributed by atoms with Gasteiger partial charge in [-0.15, -0.1) is 11.3 Å². The van der Waals surface area contributed by atoms with Crippen LogP contribution in [0, 0.1) is 11.3 Å². The van der Waals surface area contributed by atoms with Gasteiger partial charge >= 0.3 is 12.1 Å². The molecule has 224 valence electrons. The average Bonchev–Trinajstić information content (AvgIpc) is 3.41. The number of ether oxygens (including phenoxy) is 6. The summed E-state index contributed by atoms with van der Waals surface area (Å²) in [7, 11) is 0. The molecule has 2 amide bonds. The molecule has 2 rings (SSSR count). The number of benzene rings is 1. The van der Waals surface area contributed by atoms with E-state index in [1.54, 1.807) is 58.0 Å². The smallest absolute Gasteiger partial charge is 0.412 e. The number of nitrogens with one attached hydrogen (secondary N) is 2. The van der Waals surface area contributed by atoms with Crippen molar-refractivity contribution in [3.63, 3.8) is 0 Å². The molecule has 0 aliphatic carbocycles. The Morgan fingerprint density at radius 2 is 1.59 bits per heavy atom. The van der Waals surface area contributed by atoms with Crippen molar-refractivity contribution in [3.05, 3.63) is 40.1 Å². The fraction of sp³-hybridized carbons (Fsp3) is 0.500. The minimum Gasteiger partial charge on any atom is -0.487 e. The van der Waals surface area contributed by atoms with Gasteiger partial charge in [-0.25, -0.2) is 4.79 Å². The zero-order chi connectivity index (χ0) is 30.1. The summed E-state index contributed by atoms with van der Waals surface area (Å²) in [5.41, 5.74) is -0.449. The van der Waals surface area contributed by atoms with Crippen LogP contribution >= 0.6 is 11.3 Å². The van der Waals surface area contributed by atoms with Crippen LogP contribution in [-0.4, -0.2) is 76.4 Å². The van der Waals surface area contributed by atoms with Gasteiger partial charge in [0, 0.05) is 13.0 Å². The minimum absolute atomic E-state index is 0.0905. The van der Waals surface area contributed by atoms with Gasteiger partial charge < -0.3 is 33.7 Å². The van der Waals surface area contributed by atoms with Crippen molar-refractivity contribution >= 4 is 35.0 Å². The summed E-state index contributed by atoms with van der Waals surface area (Å²) >= 11 is 1.14. The predicted molar refractivity (Wildman–Crippen MR) is 152 cm³/mol. The Kier molecular flexibility index (Phi) is 14.6. The van der Waals surface area contributed by atoms with E-state index in [2.05, 4.69) is 10.6 Å². The molecule has 0 spiro atoms. The number of carbonyl (C=O) groups is 3. The maximum atomic E-state index is 12.2. The van der Waals surface area contributed by atoms with Gasteiger partial charge in [-0.1, -0.05) is 13.0 Å². The van der Waals surface area contributed by atoms with Crippen molar-refractivity contribution in [3.8, 4) is 17.6 Å². The third kappa shape index (κ3) is 13.5. The lowest BCUT2D eigenvalue weighted by atomic mass is 10.2. The molecule has 0 saturated carbocycles. The number of para-hydroxylation sites is 1. The highest BCUT2D eigenvalue weighted by Crippen LogP contribution is 2.36. The lowest BCUT2D eigenvalue weighted by molar-refractivity contribution is -0.134. The maximum Gasteiger partial charge on any atom is 0.412 e. The van der Waals surface area contributed by atoms with Gasteiger partial charge in [0.15, 0.2) is 11.5 Å². The standard InChI is InChI=1S/C28H37N3O9S/c1-5-24(32)39-25-21(31-27(34)40-28(2,3)4)7-6-8-22(25)38-18-17-37-16-15-36-14-13-35-12-11-30-26(33)23-10-9-20(19-29)41-23/h6-10H,5,11-18H2,1-4H3,(H,30,33)(H,31,34). The highest BCUT2D eigenvalue weighted by atomic mass is 32.1. The molecule has 1 aromatic carbocycles. The summed E-state index contributed by atoms with van der Waals surface area (Å²) in [4.78, 5) is 37.1. The van der Waals surface area contributed by atoms with Crippen molar-refractivity contribution in [1.82, 2.24) is 5.32 Å². The largest absolute Gasteiger partial charge is 0.487 e. The van der Waals surface area contributed by atoms with Gasteiger partial charge in [-0.3, -0.25) is 14.9 Å². The summed E-state index contributed by atoms with van der Waals surface area (Å²) in [5.74, 6) is -0.353. The molecule has 2 N–H and O–H groups in total. The van der Waals surface area contributed by atoms with E-state index in [9.17, 15) is 14.4 Å². The second-order valence-electron chi connectivity index (χ2n) is 9.30. The SMILES string of the molecule is CCC(=O)Oc1c(NC(=O)OC(C)(C)C)cccc1OCCOCCOCCOCCNC(=O)c1ccc(C#N)s1. The van der Waals surface area contributed by atoms with E-state index < -0.39 is 17.7 Å². The fourth-order valence-corrected chi connectivity index (χ4v) is 3.75. The van der Waals surface area contributed by atoms with E-state index in [-0.39, 0.29) is 42.7 Å².